The Bertz CT molecular complexity index is 1010. The Labute approximate surface area is 181 Å². The number of likely N-dealkylation sites (N-methyl/N-ethyl adjacent to an activating group) is 1. The molecule has 0 bridgehead atoms. The van der Waals surface area contributed by atoms with E-state index in [4.69, 9.17) is 4.74 Å². The van der Waals surface area contributed by atoms with Gasteiger partial charge in [-0.3, -0.25) is 9.59 Å². The van der Waals surface area contributed by atoms with E-state index in [2.05, 4.69) is 0 Å². The highest BCUT2D eigenvalue weighted by atomic mass is 32.2. The third kappa shape index (κ3) is 5.89. The molecule has 3 rings (SSSR count). The van der Waals surface area contributed by atoms with E-state index in [1.165, 1.54) is 21.3 Å². The minimum absolute atomic E-state index is 0.0272. The predicted molar refractivity (Wildman–Crippen MR) is 112 cm³/mol. The summed E-state index contributed by atoms with van der Waals surface area (Å²) in [5.41, 5.74) is 0.957. The average Bonchev–Trinajstić information content (AvgIpc) is 2.78. The van der Waals surface area contributed by atoms with Gasteiger partial charge in [0.1, 0.15) is 5.82 Å². The number of piperidine rings is 1. The molecule has 9 heteroatoms. The zero-order valence-corrected chi connectivity index (χ0v) is 18.1. The van der Waals surface area contributed by atoms with Crippen molar-refractivity contribution in [2.24, 2.45) is 5.92 Å². The number of hydrogen-bond donors (Lipinski definition) is 0. The molecule has 7 nitrogen and oxygen atoms in total. The van der Waals surface area contributed by atoms with Crippen LogP contribution in [0, 0.1) is 11.7 Å². The first-order valence-corrected chi connectivity index (χ1v) is 11.4. The fourth-order valence-electron chi connectivity index (χ4n) is 3.42. The Morgan fingerprint density at radius 2 is 1.81 bits per heavy atom. The first-order valence-electron chi connectivity index (χ1n) is 9.97. The second-order valence-corrected chi connectivity index (χ2v) is 9.44. The van der Waals surface area contributed by atoms with Gasteiger partial charge in [0.25, 0.3) is 5.91 Å². The van der Waals surface area contributed by atoms with Crippen LogP contribution in [0.2, 0.25) is 0 Å². The van der Waals surface area contributed by atoms with E-state index in [0.717, 1.165) is 17.7 Å². The monoisotopic (exact) mass is 448 g/mol. The quantitative estimate of drug-likeness (QED) is 0.608. The normalized spacial score (nSPS) is 17.2. The molecule has 0 aliphatic carbocycles. The molecule has 0 radical (unpaired) electrons. The maximum absolute atomic E-state index is 13.1. The van der Waals surface area contributed by atoms with Crippen LogP contribution in [0.3, 0.4) is 0 Å². The van der Waals surface area contributed by atoms with Crippen LogP contribution in [0.5, 0.6) is 0 Å². The molecule has 1 saturated heterocycles. The van der Waals surface area contributed by atoms with E-state index >= 15 is 0 Å². The summed E-state index contributed by atoms with van der Waals surface area (Å²) in [6.07, 6.45) is 0.963. The van der Waals surface area contributed by atoms with Gasteiger partial charge in [-0.25, -0.2) is 12.8 Å². The summed E-state index contributed by atoms with van der Waals surface area (Å²) in [5, 5.41) is 0. The second kappa shape index (κ2) is 10.0. The van der Waals surface area contributed by atoms with Gasteiger partial charge in [0.2, 0.25) is 10.0 Å². The summed E-state index contributed by atoms with van der Waals surface area (Å²) in [5.74, 6) is -2.12. The van der Waals surface area contributed by atoms with E-state index in [1.807, 2.05) is 30.3 Å². The first-order chi connectivity index (χ1) is 14.8. The maximum Gasteiger partial charge on any atom is 0.310 e. The number of sulfonamides is 1. The summed E-state index contributed by atoms with van der Waals surface area (Å²) < 4.78 is 45.1. The molecule has 2 aromatic rings. The number of rotatable bonds is 7. The Balaban J connectivity index is 1.54. The number of amides is 1. The number of carbonyl (C=O) groups excluding carboxylic acids is 2. The van der Waals surface area contributed by atoms with Crippen molar-refractivity contribution >= 4 is 21.9 Å². The van der Waals surface area contributed by atoms with Gasteiger partial charge in [-0.2, -0.15) is 4.31 Å². The molecule has 1 fully saturated rings. The molecule has 31 heavy (non-hydrogen) atoms. The lowest BCUT2D eigenvalue weighted by atomic mass is 10.00. The molecule has 1 aliphatic rings. The van der Waals surface area contributed by atoms with Gasteiger partial charge in [-0.05, 0) is 42.7 Å². The van der Waals surface area contributed by atoms with Crippen molar-refractivity contribution in [1.82, 2.24) is 9.21 Å². The third-order valence-corrected chi connectivity index (χ3v) is 7.07. The Hall–Kier alpha value is -2.78. The van der Waals surface area contributed by atoms with Crippen LogP contribution in [-0.4, -0.2) is 56.2 Å². The Morgan fingerprint density at radius 1 is 1.13 bits per heavy atom. The summed E-state index contributed by atoms with van der Waals surface area (Å²) in [6.45, 7) is 0.225. The van der Waals surface area contributed by atoms with Gasteiger partial charge in [-0.1, -0.05) is 30.3 Å². The average molecular weight is 449 g/mol. The number of halogens is 1. The SMILES string of the molecule is CN(Cc1ccccc1)C(=O)COC(=O)C1CCCN(S(=O)(=O)c2ccc(F)cc2)C1. The van der Waals surface area contributed by atoms with E-state index in [-0.39, 0.29) is 23.9 Å². The van der Waals surface area contributed by atoms with Gasteiger partial charge >= 0.3 is 5.97 Å². The van der Waals surface area contributed by atoms with E-state index in [0.29, 0.717) is 19.4 Å². The van der Waals surface area contributed by atoms with Crippen molar-refractivity contribution in [1.29, 1.82) is 0 Å². The van der Waals surface area contributed by atoms with Crippen LogP contribution in [0.1, 0.15) is 18.4 Å². The van der Waals surface area contributed by atoms with Crippen molar-refractivity contribution in [3.63, 3.8) is 0 Å². The van der Waals surface area contributed by atoms with Gasteiger partial charge < -0.3 is 9.64 Å². The fourth-order valence-corrected chi connectivity index (χ4v) is 4.94. The van der Waals surface area contributed by atoms with Gasteiger partial charge in [-0.15, -0.1) is 0 Å². The zero-order valence-electron chi connectivity index (χ0n) is 17.2. The lowest BCUT2D eigenvalue weighted by Crippen LogP contribution is -2.43. The lowest BCUT2D eigenvalue weighted by molar-refractivity contribution is -0.156. The van der Waals surface area contributed by atoms with E-state index in [1.54, 1.807) is 7.05 Å². The molecule has 0 N–H and O–H groups in total. The summed E-state index contributed by atoms with van der Waals surface area (Å²) in [7, 11) is -2.22. The lowest BCUT2D eigenvalue weighted by Gasteiger charge is -2.30. The molecular formula is C22H25FN2O5S. The Kier molecular flexibility index (Phi) is 7.40. The molecule has 1 amide bonds. The number of hydrogen-bond acceptors (Lipinski definition) is 5. The number of carbonyl (C=O) groups is 2. The molecule has 0 aromatic heterocycles. The molecule has 0 spiro atoms. The minimum Gasteiger partial charge on any atom is -0.455 e. The van der Waals surface area contributed by atoms with Crippen LogP contribution in [0.25, 0.3) is 0 Å². The highest BCUT2D eigenvalue weighted by molar-refractivity contribution is 7.89. The molecule has 166 valence electrons. The fraction of sp³-hybridized carbons (Fsp3) is 0.364. The van der Waals surface area contributed by atoms with Crippen LogP contribution in [-0.2, 0) is 30.9 Å². The molecule has 0 saturated carbocycles. The number of nitrogens with zero attached hydrogens (tertiary/aromatic N) is 2. The molecule has 1 atom stereocenters. The third-order valence-electron chi connectivity index (χ3n) is 5.20. The van der Waals surface area contributed by atoms with Crippen molar-refractivity contribution in [2.45, 2.75) is 24.3 Å². The molecule has 1 unspecified atom stereocenters. The highest BCUT2D eigenvalue weighted by Crippen LogP contribution is 2.24. The van der Waals surface area contributed by atoms with Crippen LogP contribution in [0.15, 0.2) is 59.5 Å². The number of esters is 1. The summed E-state index contributed by atoms with van der Waals surface area (Å²) in [6, 6.07) is 14.0. The maximum atomic E-state index is 13.1. The first kappa shape index (κ1) is 22.9. The van der Waals surface area contributed by atoms with Crippen LogP contribution >= 0.6 is 0 Å². The van der Waals surface area contributed by atoms with Crippen molar-refractivity contribution in [3.8, 4) is 0 Å². The standard InChI is InChI=1S/C22H25FN2O5S/c1-24(14-17-6-3-2-4-7-17)21(26)16-30-22(27)18-8-5-13-25(15-18)31(28,29)20-11-9-19(23)10-12-20/h2-4,6-7,9-12,18H,5,8,13-16H2,1H3. The Morgan fingerprint density at radius 3 is 2.48 bits per heavy atom. The van der Waals surface area contributed by atoms with Gasteiger partial charge in [0.15, 0.2) is 6.61 Å². The number of benzene rings is 2. The second-order valence-electron chi connectivity index (χ2n) is 7.50. The predicted octanol–water partition coefficient (Wildman–Crippen LogP) is 2.43. The highest BCUT2D eigenvalue weighted by Gasteiger charge is 2.34. The molecule has 2 aromatic carbocycles. The van der Waals surface area contributed by atoms with E-state index in [9.17, 15) is 22.4 Å². The molecule has 1 aliphatic heterocycles. The van der Waals surface area contributed by atoms with E-state index < -0.39 is 34.3 Å². The zero-order chi connectivity index (χ0) is 22.4. The summed E-state index contributed by atoms with van der Waals surface area (Å²) in [4.78, 5) is 26.2. The smallest absolute Gasteiger partial charge is 0.310 e. The van der Waals surface area contributed by atoms with Crippen molar-refractivity contribution < 1.29 is 27.1 Å². The minimum atomic E-state index is -3.84. The van der Waals surface area contributed by atoms with Crippen LogP contribution < -0.4 is 0 Å². The number of ether oxygens (including phenoxy) is 1. The largest absolute Gasteiger partial charge is 0.455 e. The topological polar surface area (TPSA) is 84.0 Å². The molecule has 1 heterocycles. The van der Waals surface area contributed by atoms with Crippen LogP contribution in [0.4, 0.5) is 4.39 Å². The van der Waals surface area contributed by atoms with Gasteiger partial charge in [0.05, 0.1) is 10.8 Å². The van der Waals surface area contributed by atoms with Crippen molar-refractivity contribution in [3.05, 3.63) is 66.0 Å². The molecular weight excluding hydrogens is 423 g/mol. The van der Waals surface area contributed by atoms with Crippen molar-refractivity contribution in [2.75, 3.05) is 26.7 Å². The summed E-state index contributed by atoms with van der Waals surface area (Å²) >= 11 is 0. The van der Waals surface area contributed by atoms with Gasteiger partial charge in [0, 0.05) is 26.7 Å².